The van der Waals surface area contributed by atoms with Gasteiger partial charge in [-0.25, -0.2) is 0 Å². The minimum Gasteiger partial charge on any atom is -0.496 e. The summed E-state index contributed by atoms with van der Waals surface area (Å²) in [5, 5.41) is 3.99. The Labute approximate surface area is 130 Å². The monoisotopic (exact) mass is 305 g/mol. The molecule has 0 heterocycles. The SMILES string of the molecule is CNC(CCOc1ccccc1)c1cc(Cl)ccc1OC. The second-order valence-electron chi connectivity index (χ2n) is 4.68. The Morgan fingerprint density at radius 1 is 1.14 bits per heavy atom. The summed E-state index contributed by atoms with van der Waals surface area (Å²) >= 11 is 6.09. The topological polar surface area (TPSA) is 30.5 Å². The molecule has 112 valence electrons. The molecule has 0 amide bonds. The average Bonchev–Trinajstić information content (AvgIpc) is 2.52. The number of hydrogen-bond donors (Lipinski definition) is 1. The summed E-state index contributed by atoms with van der Waals surface area (Å²) in [6.07, 6.45) is 0.822. The van der Waals surface area contributed by atoms with Crippen molar-refractivity contribution in [2.24, 2.45) is 0 Å². The van der Waals surface area contributed by atoms with E-state index in [0.717, 1.165) is 23.5 Å². The number of rotatable bonds is 7. The lowest BCUT2D eigenvalue weighted by Gasteiger charge is -2.20. The van der Waals surface area contributed by atoms with E-state index in [0.29, 0.717) is 11.6 Å². The summed E-state index contributed by atoms with van der Waals surface area (Å²) < 4.78 is 11.2. The third-order valence-corrected chi connectivity index (χ3v) is 3.57. The summed E-state index contributed by atoms with van der Waals surface area (Å²) in [5.74, 6) is 1.71. The Hall–Kier alpha value is -1.71. The van der Waals surface area contributed by atoms with Gasteiger partial charge >= 0.3 is 0 Å². The normalized spacial score (nSPS) is 12.0. The van der Waals surface area contributed by atoms with Crippen molar-refractivity contribution in [1.29, 1.82) is 0 Å². The molecule has 0 spiro atoms. The highest BCUT2D eigenvalue weighted by Crippen LogP contribution is 2.30. The molecule has 0 saturated heterocycles. The molecule has 1 unspecified atom stereocenters. The number of benzene rings is 2. The predicted octanol–water partition coefficient (Wildman–Crippen LogP) is 4.08. The zero-order valence-electron chi connectivity index (χ0n) is 12.3. The van der Waals surface area contributed by atoms with E-state index in [4.69, 9.17) is 21.1 Å². The van der Waals surface area contributed by atoms with Crippen LogP contribution >= 0.6 is 11.6 Å². The van der Waals surface area contributed by atoms with Crippen LogP contribution in [0.1, 0.15) is 18.0 Å². The Balaban J connectivity index is 2.01. The van der Waals surface area contributed by atoms with E-state index in [1.54, 1.807) is 7.11 Å². The number of para-hydroxylation sites is 1. The number of nitrogens with one attached hydrogen (secondary N) is 1. The molecule has 2 aromatic carbocycles. The second-order valence-corrected chi connectivity index (χ2v) is 5.11. The van der Waals surface area contributed by atoms with Gasteiger partial charge in [-0.2, -0.15) is 0 Å². The first-order valence-electron chi connectivity index (χ1n) is 6.93. The molecule has 2 rings (SSSR count). The summed E-state index contributed by atoms with van der Waals surface area (Å²) in [6.45, 7) is 0.616. The molecule has 0 aliphatic heterocycles. The molecule has 2 aromatic rings. The highest BCUT2D eigenvalue weighted by Gasteiger charge is 2.15. The maximum absolute atomic E-state index is 6.09. The standard InChI is InChI=1S/C17H20ClNO2/c1-19-16(10-11-21-14-6-4-3-5-7-14)15-12-13(18)8-9-17(15)20-2/h3-9,12,16,19H,10-11H2,1-2H3. The van der Waals surface area contributed by atoms with Crippen molar-refractivity contribution < 1.29 is 9.47 Å². The number of ether oxygens (including phenoxy) is 2. The lowest BCUT2D eigenvalue weighted by atomic mass is 10.0. The summed E-state index contributed by atoms with van der Waals surface area (Å²) in [6, 6.07) is 15.6. The minimum absolute atomic E-state index is 0.127. The van der Waals surface area contributed by atoms with Crippen molar-refractivity contribution in [1.82, 2.24) is 5.32 Å². The van der Waals surface area contributed by atoms with E-state index < -0.39 is 0 Å². The minimum atomic E-state index is 0.127. The molecule has 1 N–H and O–H groups in total. The molecule has 0 fully saturated rings. The van der Waals surface area contributed by atoms with Crippen LogP contribution in [0, 0.1) is 0 Å². The fourth-order valence-corrected chi connectivity index (χ4v) is 2.42. The van der Waals surface area contributed by atoms with E-state index in [-0.39, 0.29) is 6.04 Å². The third kappa shape index (κ3) is 4.38. The van der Waals surface area contributed by atoms with Crippen molar-refractivity contribution in [3.8, 4) is 11.5 Å². The lowest BCUT2D eigenvalue weighted by Crippen LogP contribution is -2.19. The van der Waals surface area contributed by atoms with Gasteiger partial charge < -0.3 is 14.8 Å². The van der Waals surface area contributed by atoms with Crippen LogP contribution in [0.2, 0.25) is 5.02 Å². The van der Waals surface area contributed by atoms with Gasteiger partial charge in [-0.05, 0) is 37.4 Å². The van der Waals surface area contributed by atoms with Crippen LogP contribution in [0.25, 0.3) is 0 Å². The molecule has 1 atom stereocenters. The molecule has 21 heavy (non-hydrogen) atoms. The van der Waals surface area contributed by atoms with Crippen LogP contribution in [0.15, 0.2) is 48.5 Å². The zero-order chi connectivity index (χ0) is 15.1. The molecule has 0 bridgehead atoms. The van der Waals surface area contributed by atoms with Gasteiger partial charge in [-0.3, -0.25) is 0 Å². The largest absolute Gasteiger partial charge is 0.496 e. The highest BCUT2D eigenvalue weighted by molar-refractivity contribution is 6.30. The predicted molar refractivity (Wildman–Crippen MR) is 86.4 cm³/mol. The van der Waals surface area contributed by atoms with E-state index in [2.05, 4.69) is 5.32 Å². The van der Waals surface area contributed by atoms with Gasteiger partial charge in [0.05, 0.1) is 13.7 Å². The molecule has 0 radical (unpaired) electrons. The number of methoxy groups -OCH3 is 1. The zero-order valence-corrected chi connectivity index (χ0v) is 13.1. The first-order chi connectivity index (χ1) is 10.2. The van der Waals surface area contributed by atoms with Crippen molar-refractivity contribution in [3.05, 3.63) is 59.1 Å². The summed E-state index contributed by atoms with van der Waals surface area (Å²) in [7, 11) is 3.59. The fraction of sp³-hybridized carbons (Fsp3) is 0.294. The highest BCUT2D eigenvalue weighted by atomic mass is 35.5. The van der Waals surface area contributed by atoms with Crippen molar-refractivity contribution >= 4 is 11.6 Å². The van der Waals surface area contributed by atoms with Gasteiger partial charge in [-0.1, -0.05) is 29.8 Å². The Morgan fingerprint density at radius 2 is 1.90 bits per heavy atom. The van der Waals surface area contributed by atoms with E-state index >= 15 is 0 Å². The first-order valence-corrected chi connectivity index (χ1v) is 7.31. The van der Waals surface area contributed by atoms with Gasteiger partial charge in [0.2, 0.25) is 0 Å². The van der Waals surface area contributed by atoms with Gasteiger partial charge in [0.15, 0.2) is 0 Å². The Kier molecular flexibility index (Phi) is 5.90. The average molecular weight is 306 g/mol. The molecule has 3 nitrogen and oxygen atoms in total. The second kappa shape index (κ2) is 7.91. The molecule has 0 aromatic heterocycles. The number of hydrogen-bond acceptors (Lipinski definition) is 3. The van der Waals surface area contributed by atoms with Gasteiger partial charge in [0.1, 0.15) is 11.5 Å². The smallest absolute Gasteiger partial charge is 0.123 e. The Morgan fingerprint density at radius 3 is 2.57 bits per heavy atom. The quantitative estimate of drug-likeness (QED) is 0.836. The van der Waals surface area contributed by atoms with Crippen LogP contribution in [0.3, 0.4) is 0 Å². The Bertz CT molecular complexity index is 560. The lowest BCUT2D eigenvalue weighted by molar-refractivity contribution is 0.287. The van der Waals surface area contributed by atoms with Crippen LogP contribution in [-0.2, 0) is 0 Å². The molecule has 0 saturated carbocycles. The number of halogens is 1. The van der Waals surface area contributed by atoms with E-state index in [1.165, 1.54) is 0 Å². The van der Waals surface area contributed by atoms with Crippen molar-refractivity contribution in [2.45, 2.75) is 12.5 Å². The van der Waals surface area contributed by atoms with Crippen LogP contribution < -0.4 is 14.8 Å². The summed E-state index contributed by atoms with van der Waals surface area (Å²) in [5.41, 5.74) is 1.05. The molecule has 4 heteroatoms. The maximum Gasteiger partial charge on any atom is 0.123 e. The summed E-state index contributed by atoms with van der Waals surface area (Å²) in [4.78, 5) is 0. The third-order valence-electron chi connectivity index (χ3n) is 3.33. The van der Waals surface area contributed by atoms with Crippen LogP contribution in [0.5, 0.6) is 11.5 Å². The first kappa shape index (κ1) is 15.7. The van der Waals surface area contributed by atoms with Crippen LogP contribution in [-0.4, -0.2) is 20.8 Å². The molecular formula is C17H20ClNO2. The van der Waals surface area contributed by atoms with Crippen molar-refractivity contribution in [2.75, 3.05) is 20.8 Å². The van der Waals surface area contributed by atoms with Gasteiger partial charge in [0, 0.05) is 23.0 Å². The van der Waals surface area contributed by atoms with Crippen molar-refractivity contribution in [3.63, 3.8) is 0 Å². The van der Waals surface area contributed by atoms with Crippen LogP contribution in [0.4, 0.5) is 0 Å². The molecule has 0 aliphatic rings. The molecular weight excluding hydrogens is 286 g/mol. The molecule has 0 aliphatic carbocycles. The van der Waals surface area contributed by atoms with Gasteiger partial charge in [-0.15, -0.1) is 0 Å². The van der Waals surface area contributed by atoms with Gasteiger partial charge in [0.25, 0.3) is 0 Å². The fourth-order valence-electron chi connectivity index (χ4n) is 2.24. The maximum atomic E-state index is 6.09. The van der Waals surface area contributed by atoms with E-state index in [9.17, 15) is 0 Å². The van der Waals surface area contributed by atoms with E-state index in [1.807, 2.05) is 55.6 Å².